The van der Waals surface area contributed by atoms with Gasteiger partial charge in [0.05, 0.1) is 6.42 Å². The molecule has 1 aromatic carbocycles. The molecule has 104 valence electrons. The van der Waals surface area contributed by atoms with E-state index in [9.17, 15) is 4.79 Å². The maximum Gasteiger partial charge on any atom is 0.227 e. The Morgan fingerprint density at radius 1 is 1.05 bits per heavy atom. The largest absolute Gasteiger partial charge is 0.368 e. The third-order valence-electron chi connectivity index (χ3n) is 3.69. The average molecular weight is 286 g/mol. The maximum absolute atomic E-state index is 12.2. The van der Waals surface area contributed by atoms with Crippen molar-refractivity contribution < 1.29 is 4.79 Å². The Hall–Kier alpha value is -1.81. The van der Waals surface area contributed by atoms with E-state index in [0.717, 1.165) is 31.7 Å². The van der Waals surface area contributed by atoms with Gasteiger partial charge in [0, 0.05) is 31.9 Å². The number of anilines is 1. The van der Waals surface area contributed by atoms with E-state index in [4.69, 9.17) is 0 Å². The normalized spacial score (nSPS) is 15.4. The number of carbonyl (C=O) groups is 1. The summed E-state index contributed by atoms with van der Waals surface area (Å²) in [5, 5.41) is 4.08. The molecule has 3 rings (SSSR count). The van der Waals surface area contributed by atoms with E-state index in [-0.39, 0.29) is 5.91 Å². The van der Waals surface area contributed by atoms with E-state index < -0.39 is 0 Å². The molecule has 4 heteroatoms. The molecule has 0 spiro atoms. The minimum absolute atomic E-state index is 0.246. The molecule has 1 aromatic heterocycles. The topological polar surface area (TPSA) is 23.6 Å². The Balaban J connectivity index is 1.54. The summed E-state index contributed by atoms with van der Waals surface area (Å²) in [7, 11) is 0. The highest BCUT2D eigenvalue weighted by Crippen LogP contribution is 2.16. The lowest BCUT2D eigenvalue weighted by atomic mass is 10.2. The van der Waals surface area contributed by atoms with Crippen molar-refractivity contribution in [2.75, 3.05) is 31.1 Å². The fourth-order valence-electron chi connectivity index (χ4n) is 2.53. The Kier molecular flexibility index (Phi) is 4.02. The van der Waals surface area contributed by atoms with Gasteiger partial charge in [0.15, 0.2) is 0 Å². The molecule has 1 saturated heterocycles. The quantitative estimate of drug-likeness (QED) is 0.866. The van der Waals surface area contributed by atoms with Crippen LogP contribution in [0.15, 0.2) is 47.2 Å². The maximum atomic E-state index is 12.2. The molecule has 0 unspecified atom stereocenters. The Labute approximate surface area is 123 Å². The number of rotatable bonds is 3. The second kappa shape index (κ2) is 6.09. The monoisotopic (exact) mass is 286 g/mol. The number of carbonyl (C=O) groups excluding carboxylic acids is 1. The molecule has 1 aliphatic rings. The third kappa shape index (κ3) is 3.02. The Bertz CT molecular complexity index is 545. The fourth-order valence-corrected chi connectivity index (χ4v) is 3.20. The smallest absolute Gasteiger partial charge is 0.227 e. The minimum atomic E-state index is 0.246. The van der Waals surface area contributed by atoms with Crippen LogP contribution in [0.4, 0.5) is 5.69 Å². The van der Waals surface area contributed by atoms with Gasteiger partial charge in [-0.3, -0.25) is 4.79 Å². The molecule has 0 bridgehead atoms. The predicted molar refractivity (Wildman–Crippen MR) is 83.3 cm³/mol. The van der Waals surface area contributed by atoms with Gasteiger partial charge >= 0.3 is 0 Å². The first-order valence-electron chi connectivity index (χ1n) is 6.92. The van der Waals surface area contributed by atoms with Crippen LogP contribution in [0.2, 0.25) is 0 Å². The zero-order valence-corrected chi connectivity index (χ0v) is 12.2. The van der Waals surface area contributed by atoms with E-state index >= 15 is 0 Å². The van der Waals surface area contributed by atoms with Crippen molar-refractivity contribution in [3.8, 4) is 0 Å². The van der Waals surface area contributed by atoms with Gasteiger partial charge in [0.2, 0.25) is 5.91 Å². The molecular weight excluding hydrogens is 268 g/mol. The second-order valence-electron chi connectivity index (χ2n) is 5.01. The van der Waals surface area contributed by atoms with Gasteiger partial charge in [0.25, 0.3) is 0 Å². The van der Waals surface area contributed by atoms with Crippen molar-refractivity contribution in [3.05, 3.63) is 52.7 Å². The molecule has 0 atom stereocenters. The summed E-state index contributed by atoms with van der Waals surface area (Å²) in [6.45, 7) is 3.47. The van der Waals surface area contributed by atoms with Crippen LogP contribution in [0.1, 0.15) is 5.56 Å². The van der Waals surface area contributed by atoms with Crippen molar-refractivity contribution in [1.82, 2.24) is 4.90 Å². The van der Waals surface area contributed by atoms with Crippen molar-refractivity contribution in [2.45, 2.75) is 6.42 Å². The summed E-state index contributed by atoms with van der Waals surface area (Å²) in [5.41, 5.74) is 2.38. The van der Waals surface area contributed by atoms with Crippen LogP contribution in [0.5, 0.6) is 0 Å². The summed E-state index contributed by atoms with van der Waals surface area (Å²) < 4.78 is 0. The number of para-hydroxylation sites is 1. The van der Waals surface area contributed by atoms with Gasteiger partial charge in [0.1, 0.15) is 0 Å². The van der Waals surface area contributed by atoms with E-state index in [1.165, 1.54) is 5.69 Å². The number of amides is 1. The first-order chi connectivity index (χ1) is 9.83. The fraction of sp³-hybridized carbons (Fsp3) is 0.312. The molecule has 0 radical (unpaired) electrons. The van der Waals surface area contributed by atoms with Crippen molar-refractivity contribution in [2.24, 2.45) is 0 Å². The van der Waals surface area contributed by atoms with Crippen molar-refractivity contribution in [3.63, 3.8) is 0 Å². The highest BCUT2D eigenvalue weighted by Gasteiger charge is 2.21. The zero-order valence-electron chi connectivity index (χ0n) is 11.4. The van der Waals surface area contributed by atoms with E-state index in [0.29, 0.717) is 6.42 Å². The molecular formula is C16H18N2OS. The van der Waals surface area contributed by atoms with Crippen LogP contribution >= 0.6 is 11.3 Å². The van der Waals surface area contributed by atoms with Crippen LogP contribution in [-0.4, -0.2) is 37.0 Å². The van der Waals surface area contributed by atoms with Crippen LogP contribution < -0.4 is 4.90 Å². The first-order valence-corrected chi connectivity index (χ1v) is 7.86. The molecule has 1 fully saturated rings. The standard InChI is InChI=1S/C16H18N2OS/c19-16(12-14-6-11-20-13-14)18-9-7-17(8-10-18)15-4-2-1-3-5-15/h1-6,11,13H,7-10,12H2. The number of thiophene rings is 1. The van der Waals surface area contributed by atoms with Gasteiger partial charge < -0.3 is 9.80 Å². The summed E-state index contributed by atoms with van der Waals surface area (Å²) in [6.07, 6.45) is 0.537. The van der Waals surface area contributed by atoms with Gasteiger partial charge in [-0.15, -0.1) is 0 Å². The molecule has 20 heavy (non-hydrogen) atoms. The number of piperazine rings is 1. The number of hydrogen-bond donors (Lipinski definition) is 0. The molecule has 0 saturated carbocycles. The number of nitrogens with zero attached hydrogens (tertiary/aromatic N) is 2. The molecule has 0 aliphatic carbocycles. The molecule has 2 heterocycles. The lowest BCUT2D eigenvalue weighted by Crippen LogP contribution is -2.49. The van der Waals surface area contributed by atoms with Crippen molar-refractivity contribution >= 4 is 22.9 Å². The second-order valence-corrected chi connectivity index (χ2v) is 5.79. The van der Waals surface area contributed by atoms with Crippen molar-refractivity contribution in [1.29, 1.82) is 0 Å². The van der Waals surface area contributed by atoms with Crippen LogP contribution in [0, 0.1) is 0 Å². The van der Waals surface area contributed by atoms with Crippen LogP contribution in [0.25, 0.3) is 0 Å². The Morgan fingerprint density at radius 2 is 1.80 bits per heavy atom. The number of benzene rings is 1. The van der Waals surface area contributed by atoms with Gasteiger partial charge in [-0.1, -0.05) is 18.2 Å². The summed E-state index contributed by atoms with van der Waals surface area (Å²) in [5.74, 6) is 0.246. The van der Waals surface area contributed by atoms with Gasteiger partial charge in [-0.2, -0.15) is 11.3 Å². The summed E-state index contributed by atoms with van der Waals surface area (Å²) in [4.78, 5) is 16.5. The van der Waals surface area contributed by atoms with E-state index in [1.807, 2.05) is 22.4 Å². The zero-order chi connectivity index (χ0) is 13.8. The predicted octanol–water partition coefficient (Wildman–Crippen LogP) is 2.64. The molecule has 1 amide bonds. The summed E-state index contributed by atoms with van der Waals surface area (Å²) >= 11 is 1.65. The minimum Gasteiger partial charge on any atom is -0.368 e. The Morgan fingerprint density at radius 3 is 2.45 bits per heavy atom. The third-order valence-corrected chi connectivity index (χ3v) is 4.42. The average Bonchev–Trinajstić information content (AvgIpc) is 3.01. The van der Waals surface area contributed by atoms with Crippen LogP contribution in [0.3, 0.4) is 0 Å². The highest BCUT2D eigenvalue weighted by atomic mass is 32.1. The highest BCUT2D eigenvalue weighted by molar-refractivity contribution is 7.07. The van der Waals surface area contributed by atoms with Gasteiger partial charge in [-0.25, -0.2) is 0 Å². The lowest BCUT2D eigenvalue weighted by molar-refractivity contribution is -0.130. The molecule has 0 N–H and O–H groups in total. The lowest BCUT2D eigenvalue weighted by Gasteiger charge is -2.36. The van der Waals surface area contributed by atoms with E-state index in [2.05, 4.69) is 34.5 Å². The first kappa shape index (κ1) is 13.2. The number of hydrogen-bond acceptors (Lipinski definition) is 3. The molecule has 2 aromatic rings. The molecule has 1 aliphatic heterocycles. The molecule has 3 nitrogen and oxygen atoms in total. The SMILES string of the molecule is O=C(Cc1ccsc1)N1CCN(c2ccccc2)CC1. The summed E-state index contributed by atoms with van der Waals surface area (Å²) in [6, 6.07) is 12.4. The van der Waals surface area contributed by atoms with Crippen LogP contribution in [-0.2, 0) is 11.2 Å². The van der Waals surface area contributed by atoms with Gasteiger partial charge in [-0.05, 0) is 34.5 Å². The van der Waals surface area contributed by atoms with E-state index in [1.54, 1.807) is 11.3 Å².